The van der Waals surface area contributed by atoms with Gasteiger partial charge in [-0.25, -0.2) is 9.59 Å². The van der Waals surface area contributed by atoms with Crippen LogP contribution in [0.4, 0.5) is 4.79 Å². The first-order valence-corrected chi connectivity index (χ1v) is 16.7. The second-order valence-corrected chi connectivity index (χ2v) is 14.1. The zero-order valence-electron chi connectivity index (χ0n) is 28.7. The van der Waals surface area contributed by atoms with Crippen LogP contribution in [0.1, 0.15) is 70.6 Å². The minimum absolute atomic E-state index is 0.0826. The molecule has 1 aliphatic carbocycles. The Kier molecular flexibility index (Phi) is 12.4. The molecule has 3 aromatic rings. The van der Waals surface area contributed by atoms with Gasteiger partial charge in [0.25, 0.3) is 0 Å². The fourth-order valence-corrected chi connectivity index (χ4v) is 5.62. The summed E-state index contributed by atoms with van der Waals surface area (Å²) in [6.45, 7) is 9.36. The smallest absolute Gasteiger partial charge is 0.410 e. The SMILES string of the molecule is CC(C)C[C@@H](NC(=O)[C@@H](Cc1ccccc1)NC(=O)CN(CC1(c2ccccc2)CC1)C(=O)OC(C)(C)C)C(=O)OCc1ccccc1. The molecule has 1 fully saturated rings. The number of carbonyl (C=O) groups is 4. The zero-order valence-corrected chi connectivity index (χ0v) is 28.7. The molecule has 9 nitrogen and oxygen atoms in total. The van der Waals surface area contributed by atoms with Gasteiger partial charge in [-0.3, -0.25) is 14.5 Å². The second kappa shape index (κ2) is 16.4. The van der Waals surface area contributed by atoms with Crippen LogP contribution in [0.25, 0.3) is 0 Å². The molecule has 0 unspecified atom stereocenters. The van der Waals surface area contributed by atoms with Crippen LogP contribution in [0, 0.1) is 5.92 Å². The van der Waals surface area contributed by atoms with E-state index in [0.717, 1.165) is 29.5 Å². The van der Waals surface area contributed by atoms with Gasteiger partial charge in [0.1, 0.15) is 30.8 Å². The third-order valence-electron chi connectivity index (χ3n) is 8.19. The average Bonchev–Trinajstić information content (AvgIpc) is 3.83. The number of carbonyl (C=O) groups excluding carboxylic acids is 4. The first kappa shape index (κ1) is 36.2. The van der Waals surface area contributed by atoms with Crippen molar-refractivity contribution in [2.24, 2.45) is 5.92 Å². The van der Waals surface area contributed by atoms with Gasteiger partial charge in [-0.05, 0) is 62.6 Å². The second-order valence-electron chi connectivity index (χ2n) is 14.1. The lowest BCUT2D eigenvalue weighted by Gasteiger charge is -2.31. The summed E-state index contributed by atoms with van der Waals surface area (Å²) >= 11 is 0. The van der Waals surface area contributed by atoms with Gasteiger partial charge in [0.2, 0.25) is 11.8 Å². The number of nitrogens with zero attached hydrogens (tertiary/aromatic N) is 1. The van der Waals surface area contributed by atoms with E-state index in [4.69, 9.17) is 9.47 Å². The Balaban J connectivity index is 1.50. The molecule has 2 atom stereocenters. The van der Waals surface area contributed by atoms with Crippen LogP contribution in [-0.4, -0.2) is 59.6 Å². The molecule has 9 heteroatoms. The predicted octanol–water partition coefficient (Wildman–Crippen LogP) is 5.96. The molecule has 0 bridgehead atoms. The maximum Gasteiger partial charge on any atom is 0.410 e. The van der Waals surface area contributed by atoms with E-state index in [2.05, 4.69) is 10.6 Å². The van der Waals surface area contributed by atoms with E-state index in [1.165, 1.54) is 4.90 Å². The molecule has 0 spiro atoms. The highest BCUT2D eigenvalue weighted by Gasteiger charge is 2.47. The molecule has 0 aliphatic heterocycles. The number of benzene rings is 3. The molecule has 3 amide bonds. The van der Waals surface area contributed by atoms with Gasteiger partial charge in [0.15, 0.2) is 0 Å². The minimum Gasteiger partial charge on any atom is -0.459 e. The zero-order chi connectivity index (χ0) is 34.7. The van der Waals surface area contributed by atoms with Crippen LogP contribution in [0.15, 0.2) is 91.0 Å². The molecule has 48 heavy (non-hydrogen) atoms. The van der Waals surface area contributed by atoms with E-state index in [-0.39, 0.29) is 30.9 Å². The number of esters is 1. The van der Waals surface area contributed by atoms with Crippen molar-refractivity contribution < 1.29 is 28.7 Å². The van der Waals surface area contributed by atoms with E-state index in [1.54, 1.807) is 20.8 Å². The number of hydrogen-bond donors (Lipinski definition) is 2. The maximum atomic E-state index is 13.8. The molecule has 1 aliphatic rings. The van der Waals surface area contributed by atoms with Crippen LogP contribution in [0.3, 0.4) is 0 Å². The summed E-state index contributed by atoms with van der Waals surface area (Å²) in [7, 11) is 0. The molecule has 256 valence electrons. The Morgan fingerprint density at radius 2 is 1.35 bits per heavy atom. The molecule has 0 saturated heterocycles. The summed E-state index contributed by atoms with van der Waals surface area (Å²) in [6, 6.07) is 26.7. The van der Waals surface area contributed by atoms with Crippen LogP contribution in [0.5, 0.6) is 0 Å². The lowest BCUT2D eigenvalue weighted by atomic mass is 9.95. The summed E-state index contributed by atoms with van der Waals surface area (Å²) in [6.07, 6.45) is 1.72. The van der Waals surface area contributed by atoms with Crippen LogP contribution < -0.4 is 10.6 Å². The van der Waals surface area contributed by atoms with Gasteiger partial charge in [0, 0.05) is 18.4 Å². The summed E-state index contributed by atoms with van der Waals surface area (Å²) in [5.74, 6) is -1.48. The molecule has 4 rings (SSSR count). The topological polar surface area (TPSA) is 114 Å². The van der Waals surface area contributed by atoms with Crippen molar-refractivity contribution >= 4 is 23.9 Å². The highest BCUT2D eigenvalue weighted by molar-refractivity contribution is 5.92. The van der Waals surface area contributed by atoms with E-state index in [9.17, 15) is 19.2 Å². The van der Waals surface area contributed by atoms with Crippen molar-refractivity contribution in [2.45, 2.75) is 90.0 Å². The number of amides is 3. The lowest BCUT2D eigenvalue weighted by Crippen LogP contribution is -2.55. The van der Waals surface area contributed by atoms with Gasteiger partial charge < -0.3 is 20.1 Å². The molecular weight excluding hydrogens is 606 g/mol. The van der Waals surface area contributed by atoms with E-state index < -0.39 is 41.6 Å². The number of hydrogen-bond acceptors (Lipinski definition) is 6. The summed E-state index contributed by atoms with van der Waals surface area (Å²) in [4.78, 5) is 55.6. The van der Waals surface area contributed by atoms with Crippen LogP contribution in [0.2, 0.25) is 0 Å². The van der Waals surface area contributed by atoms with Crippen molar-refractivity contribution in [2.75, 3.05) is 13.1 Å². The average molecular weight is 656 g/mol. The Morgan fingerprint density at radius 1 is 0.792 bits per heavy atom. The van der Waals surface area contributed by atoms with Gasteiger partial charge in [-0.1, -0.05) is 105 Å². The Bertz CT molecular complexity index is 1500. The van der Waals surface area contributed by atoms with E-state index in [0.29, 0.717) is 13.0 Å². The van der Waals surface area contributed by atoms with Gasteiger partial charge >= 0.3 is 12.1 Å². The third-order valence-corrected chi connectivity index (χ3v) is 8.19. The van der Waals surface area contributed by atoms with Gasteiger partial charge in [0.05, 0.1) is 0 Å². The van der Waals surface area contributed by atoms with Gasteiger partial charge in [-0.2, -0.15) is 0 Å². The molecule has 0 radical (unpaired) electrons. The fourth-order valence-electron chi connectivity index (χ4n) is 5.62. The van der Waals surface area contributed by atoms with Crippen molar-refractivity contribution in [1.29, 1.82) is 0 Å². The van der Waals surface area contributed by atoms with Crippen LogP contribution >= 0.6 is 0 Å². The summed E-state index contributed by atoms with van der Waals surface area (Å²) < 4.78 is 11.3. The van der Waals surface area contributed by atoms with Crippen molar-refractivity contribution in [3.8, 4) is 0 Å². The van der Waals surface area contributed by atoms with Gasteiger partial charge in [-0.15, -0.1) is 0 Å². The first-order chi connectivity index (χ1) is 22.8. The first-order valence-electron chi connectivity index (χ1n) is 16.7. The molecule has 2 N–H and O–H groups in total. The fraction of sp³-hybridized carbons (Fsp3) is 0.436. The van der Waals surface area contributed by atoms with E-state index >= 15 is 0 Å². The van der Waals surface area contributed by atoms with Crippen molar-refractivity contribution in [3.05, 3.63) is 108 Å². The largest absolute Gasteiger partial charge is 0.459 e. The summed E-state index contributed by atoms with van der Waals surface area (Å²) in [5.41, 5.74) is 1.75. The molecule has 0 aromatic heterocycles. The number of rotatable bonds is 15. The highest BCUT2D eigenvalue weighted by Crippen LogP contribution is 2.48. The van der Waals surface area contributed by atoms with E-state index in [1.807, 2.05) is 105 Å². The number of ether oxygens (including phenoxy) is 2. The molecule has 1 saturated carbocycles. The molecule has 3 aromatic carbocycles. The third kappa shape index (κ3) is 11.2. The van der Waals surface area contributed by atoms with Crippen molar-refractivity contribution in [1.82, 2.24) is 15.5 Å². The Hall–Kier alpha value is -4.66. The maximum absolute atomic E-state index is 13.8. The highest BCUT2D eigenvalue weighted by atomic mass is 16.6. The Labute approximate surface area is 284 Å². The normalized spacial score (nSPS) is 14.7. The monoisotopic (exact) mass is 655 g/mol. The summed E-state index contributed by atoms with van der Waals surface area (Å²) in [5, 5.41) is 5.72. The minimum atomic E-state index is -1.01. The predicted molar refractivity (Wildman–Crippen MR) is 185 cm³/mol. The van der Waals surface area contributed by atoms with Crippen molar-refractivity contribution in [3.63, 3.8) is 0 Å². The quantitative estimate of drug-likeness (QED) is 0.196. The van der Waals surface area contributed by atoms with Crippen LogP contribution in [-0.2, 0) is 42.3 Å². The Morgan fingerprint density at radius 3 is 1.90 bits per heavy atom. The molecule has 0 heterocycles. The lowest BCUT2D eigenvalue weighted by molar-refractivity contribution is -0.149. The standard InChI is InChI=1S/C39H49N3O6/c1-28(2)23-33(36(45)47-26-30-17-11-7-12-18-30)41-35(44)32(24-29-15-9-6-10-16-29)40-34(43)25-42(37(46)48-38(3,4)5)27-39(21-22-39)31-19-13-8-14-20-31/h6-20,28,32-33H,21-27H2,1-5H3,(H,40,43)(H,41,44)/t32-,33-/m1/s1. The number of nitrogens with one attached hydrogen (secondary N) is 2. The molecular formula is C39H49N3O6.